The minimum Gasteiger partial charge on any atom is -0.484 e. The number of hydrogen-bond acceptors (Lipinski definition) is 3. The first kappa shape index (κ1) is 10.7. The predicted octanol–water partition coefficient (Wildman–Crippen LogP) is 1.52. The van der Waals surface area contributed by atoms with E-state index in [2.05, 4.69) is 10.2 Å². The van der Waals surface area contributed by atoms with Crippen molar-refractivity contribution < 1.29 is 4.74 Å². The molecule has 0 radical (unpaired) electrons. The zero-order valence-corrected chi connectivity index (χ0v) is 9.84. The molecule has 0 saturated carbocycles. The summed E-state index contributed by atoms with van der Waals surface area (Å²) in [6, 6.07) is 2.02. The van der Waals surface area contributed by atoms with Gasteiger partial charge in [-0.2, -0.15) is 10.2 Å². The fourth-order valence-corrected chi connectivity index (χ4v) is 1.55. The van der Waals surface area contributed by atoms with Crippen LogP contribution in [-0.2, 0) is 20.2 Å². The summed E-state index contributed by atoms with van der Waals surface area (Å²) in [7, 11) is 1.92. The molecule has 0 unspecified atom stereocenters. The highest BCUT2D eigenvalue weighted by molar-refractivity contribution is 5.14. The Morgan fingerprint density at radius 2 is 2.25 bits per heavy atom. The van der Waals surface area contributed by atoms with Gasteiger partial charge in [-0.25, -0.2) is 0 Å². The van der Waals surface area contributed by atoms with Gasteiger partial charge in [-0.15, -0.1) is 0 Å². The van der Waals surface area contributed by atoms with Crippen LogP contribution in [0.25, 0.3) is 0 Å². The van der Waals surface area contributed by atoms with Crippen LogP contribution < -0.4 is 4.74 Å². The van der Waals surface area contributed by atoms with Crippen LogP contribution in [0.2, 0.25) is 0 Å². The summed E-state index contributed by atoms with van der Waals surface area (Å²) in [6.45, 7) is 5.39. The molecule has 0 fully saturated rings. The van der Waals surface area contributed by atoms with E-state index in [1.807, 2.05) is 42.5 Å². The third kappa shape index (κ3) is 2.24. The van der Waals surface area contributed by atoms with E-state index in [1.165, 1.54) is 0 Å². The minimum absolute atomic E-state index is 0.521. The lowest BCUT2D eigenvalue weighted by molar-refractivity contribution is 0.294. The zero-order chi connectivity index (χ0) is 11.5. The summed E-state index contributed by atoms with van der Waals surface area (Å²) >= 11 is 0. The molecule has 5 heteroatoms. The van der Waals surface area contributed by atoms with E-state index in [-0.39, 0.29) is 0 Å². The average molecular weight is 220 g/mol. The van der Waals surface area contributed by atoms with Crippen LogP contribution in [0.1, 0.15) is 18.3 Å². The molecule has 86 valence electrons. The molecule has 0 aromatic carbocycles. The molecule has 2 heterocycles. The van der Waals surface area contributed by atoms with Gasteiger partial charge < -0.3 is 4.74 Å². The summed E-state index contributed by atoms with van der Waals surface area (Å²) in [5.41, 5.74) is 2.06. The fraction of sp³-hybridized carbons (Fsp3) is 0.455. The maximum absolute atomic E-state index is 5.62. The monoisotopic (exact) mass is 220 g/mol. The minimum atomic E-state index is 0.521. The van der Waals surface area contributed by atoms with Gasteiger partial charge in [-0.1, -0.05) is 0 Å². The van der Waals surface area contributed by atoms with Crippen molar-refractivity contribution in [2.45, 2.75) is 27.0 Å². The van der Waals surface area contributed by atoms with Gasteiger partial charge in [0.1, 0.15) is 6.61 Å². The first-order valence-corrected chi connectivity index (χ1v) is 5.34. The van der Waals surface area contributed by atoms with Crippen molar-refractivity contribution in [1.29, 1.82) is 0 Å². The summed E-state index contributed by atoms with van der Waals surface area (Å²) in [5.74, 6) is 0.792. The lowest BCUT2D eigenvalue weighted by Gasteiger charge is -2.02. The maximum atomic E-state index is 5.62. The Hall–Kier alpha value is -1.78. The molecule has 0 amide bonds. The number of ether oxygens (including phenoxy) is 1. The van der Waals surface area contributed by atoms with E-state index in [0.29, 0.717) is 6.61 Å². The van der Waals surface area contributed by atoms with Crippen molar-refractivity contribution in [3.05, 3.63) is 29.8 Å². The quantitative estimate of drug-likeness (QED) is 0.784. The lowest BCUT2D eigenvalue weighted by atomic mass is 10.4. The summed E-state index contributed by atoms with van der Waals surface area (Å²) in [5, 5.41) is 8.40. The second-order valence-electron chi connectivity index (χ2n) is 3.72. The van der Waals surface area contributed by atoms with Crippen LogP contribution in [0, 0.1) is 6.92 Å². The number of aromatic nitrogens is 4. The highest BCUT2D eigenvalue weighted by atomic mass is 16.5. The highest BCUT2D eigenvalue weighted by Gasteiger charge is 2.04. The summed E-state index contributed by atoms with van der Waals surface area (Å²) in [4.78, 5) is 0. The van der Waals surface area contributed by atoms with Gasteiger partial charge in [0, 0.05) is 13.6 Å². The molecule has 0 bridgehead atoms. The van der Waals surface area contributed by atoms with Gasteiger partial charge in [0.25, 0.3) is 0 Å². The second kappa shape index (κ2) is 4.38. The Kier molecular flexibility index (Phi) is 2.94. The first-order chi connectivity index (χ1) is 7.69. The van der Waals surface area contributed by atoms with E-state index >= 15 is 0 Å². The van der Waals surface area contributed by atoms with Crippen molar-refractivity contribution in [1.82, 2.24) is 19.6 Å². The third-order valence-electron chi connectivity index (χ3n) is 2.42. The first-order valence-electron chi connectivity index (χ1n) is 5.34. The van der Waals surface area contributed by atoms with E-state index in [0.717, 1.165) is 23.7 Å². The molecule has 0 N–H and O–H groups in total. The molecule has 2 rings (SSSR count). The van der Waals surface area contributed by atoms with Crippen molar-refractivity contribution in [2.75, 3.05) is 0 Å². The molecule has 0 atom stereocenters. The molecule has 0 spiro atoms. The molecule has 0 aliphatic rings. The molecular formula is C11H16N4O. The molecule has 2 aromatic rings. The molecule has 5 nitrogen and oxygen atoms in total. The van der Waals surface area contributed by atoms with Crippen LogP contribution in [0.5, 0.6) is 5.75 Å². The summed E-state index contributed by atoms with van der Waals surface area (Å²) < 4.78 is 9.29. The van der Waals surface area contributed by atoms with E-state index in [4.69, 9.17) is 4.74 Å². The Morgan fingerprint density at radius 1 is 1.44 bits per heavy atom. The number of rotatable bonds is 4. The number of aryl methyl sites for hydroxylation is 3. The molecule has 16 heavy (non-hydrogen) atoms. The van der Waals surface area contributed by atoms with Crippen molar-refractivity contribution in [2.24, 2.45) is 7.05 Å². The normalized spacial score (nSPS) is 10.7. The molecule has 2 aromatic heterocycles. The van der Waals surface area contributed by atoms with E-state index < -0.39 is 0 Å². The Balaban J connectivity index is 1.99. The van der Waals surface area contributed by atoms with Crippen LogP contribution in [0.3, 0.4) is 0 Å². The molecule has 0 aliphatic heterocycles. The fourth-order valence-electron chi connectivity index (χ4n) is 1.55. The zero-order valence-electron chi connectivity index (χ0n) is 9.84. The van der Waals surface area contributed by atoms with Gasteiger partial charge in [0.2, 0.25) is 0 Å². The van der Waals surface area contributed by atoms with Gasteiger partial charge in [0.05, 0.1) is 23.8 Å². The van der Waals surface area contributed by atoms with Crippen molar-refractivity contribution in [3.8, 4) is 5.75 Å². The molecule has 0 saturated heterocycles. The highest BCUT2D eigenvalue weighted by Crippen LogP contribution is 2.11. The SMILES string of the molecule is CCn1cc(OCc2cc(C)nn2C)cn1. The lowest BCUT2D eigenvalue weighted by Crippen LogP contribution is -2.02. The smallest absolute Gasteiger partial charge is 0.157 e. The van der Waals surface area contributed by atoms with Crippen molar-refractivity contribution >= 4 is 0 Å². The van der Waals surface area contributed by atoms with Gasteiger partial charge in [-0.05, 0) is 19.9 Å². The van der Waals surface area contributed by atoms with Crippen LogP contribution in [0.15, 0.2) is 18.5 Å². The Bertz CT molecular complexity index is 472. The van der Waals surface area contributed by atoms with Crippen LogP contribution in [0.4, 0.5) is 0 Å². The van der Waals surface area contributed by atoms with Gasteiger partial charge in [-0.3, -0.25) is 9.36 Å². The van der Waals surface area contributed by atoms with Crippen LogP contribution >= 0.6 is 0 Å². The van der Waals surface area contributed by atoms with Gasteiger partial charge >= 0.3 is 0 Å². The topological polar surface area (TPSA) is 44.9 Å². The molecule has 0 aliphatic carbocycles. The molecular weight excluding hydrogens is 204 g/mol. The Labute approximate surface area is 94.6 Å². The average Bonchev–Trinajstić information content (AvgIpc) is 2.82. The second-order valence-corrected chi connectivity index (χ2v) is 3.72. The van der Waals surface area contributed by atoms with Crippen LogP contribution in [-0.4, -0.2) is 19.6 Å². The van der Waals surface area contributed by atoms with Crippen molar-refractivity contribution in [3.63, 3.8) is 0 Å². The van der Waals surface area contributed by atoms with E-state index in [1.54, 1.807) is 6.20 Å². The largest absolute Gasteiger partial charge is 0.484 e. The van der Waals surface area contributed by atoms with Gasteiger partial charge in [0.15, 0.2) is 5.75 Å². The Morgan fingerprint density at radius 3 is 2.81 bits per heavy atom. The summed E-state index contributed by atoms with van der Waals surface area (Å²) in [6.07, 6.45) is 3.62. The third-order valence-corrected chi connectivity index (χ3v) is 2.42. The standard InChI is InChI=1S/C11H16N4O/c1-4-15-7-11(6-12-15)16-8-10-5-9(2)13-14(10)3/h5-7H,4,8H2,1-3H3. The maximum Gasteiger partial charge on any atom is 0.157 e. The predicted molar refractivity (Wildman–Crippen MR) is 60.2 cm³/mol. The number of nitrogens with zero attached hydrogens (tertiary/aromatic N) is 4. The van der Waals surface area contributed by atoms with E-state index in [9.17, 15) is 0 Å². The number of hydrogen-bond donors (Lipinski definition) is 0.